The normalized spacial score (nSPS) is 18.0. The van der Waals surface area contributed by atoms with Gasteiger partial charge in [0.15, 0.2) is 0 Å². The van der Waals surface area contributed by atoms with Gasteiger partial charge in [0.25, 0.3) is 11.7 Å². The molecule has 8 heteroatoms. The smallest absolute Gasteiger partial charge is 0.293 e. The molecule has 130 valence electrons. The third-order valence-corrected chi connectivity index (χ3v) is 4.76. The van der Waals surface area contributed by atoms with E-state index in [2.05, 4.69) is 31.5 Å². The molecule has 1 aliphatic heterocycles. The standard InChI is InChI=1S/C17H21N7O/c1-3-14-18-8-10-23(14)13-5-4-9-22(11-13)16(25)15-20-17-19-7-6-12(2)24(17)21-15/h6-8,10,13H,3-5,9,11H2,1-2H3. The van der Waals surface area contributed by atoms with Crippen LogP contribution in [-0.2, 0) is 6.42 Å². The number of piperidine rings is 1. The molecule has 0 spiro atoms. The third kappa shape index (κ3) is 2.77. The fourth-order valence-electron chi connectivity index (χ4n) is 3.45. The van der Waals surface area contributed by atoms with Gasteiger partial charge in [0.1, 0.15) is 5.82 Å². The van der Waals surface area contributed by atoms with Crippen molar-refractivity contribution >= 4 is 11.7 Å². The van der Waals surface area contributed by atoms with E-state index < -0.39 is 0 Å². The Labute approximate surface area is 145 Å². The van der Waals surface area contributed by atoms with Crippen molar-refractivity contribution in [1.82, 2.24) is 34.0 Å². The molecule has 0 aromatic carbocycles. The molecule has 3 aromatic heterocycles. The molecule has 8 nitrogen and oxygen atoms in total. The molecule has 3 aromatic rings. The van der Waals surface area contributed by atoms with Crippen molar-refractivity contribution in [3.8, 4) is 0 Å². The number of hydrogen-bond donors (Lipinski definition) is 0. The highest BCUT2D eigenvalue weighted by atomic mass is 16.2. The zero-order chi connectivity index (χ0) is 17.4. The van der Waals surface area contributed by atoms with Gasteiger partial charge in [-0.25, -0.2) is 14.5 Å². The van der Waals surface area contributed by atoms with E-state index >= 15 is 0 Å². The van der Waals surface area contributed by atoms with Crippen molar-refractivity contribution in [2.75, 3.05) is 13.1 Å². The molecular weight excluding hydrogens is 318 g/mol. The van der Waals surface area contributed by atoms with E-state index in [0.717, 1.165) is 37.3 Å². The summed E-state index contributed by atoms with van der Waals surface area (Å²) in [5.74, 6) is 1.60. The molecule has 0 saturated carbocycles. The average Bonchev–Trinajstić information content (AvgIpc) is 3.28. The summed E-state index contributed by atoms with van der Waals surface area (Å²) in [6.45, 7) is 5.40. The van der Waals surface area contributed by atoms with Gasteiger partial charge in [-0.05, 0) is 25.8 Å². The number of aromatic nitrogens is 6. The van der Waals surface area contributed by atoms with Crippen LogP contribution in [-0.4, -0.2) is 53.0 Å². The van der Waals surface area contributed by atoms with Crippen molar-refractivity contribution in [3.63, 3.8) is 0 Å². The second kappa shape index (κ2) is 6.27. The Bertz CT molecular complexity index is 913. The maximum atomic E-state index is 12.9. The van der Waals surface area contributed by atoms with E-state index in [1.807, 2.05) is 30.3 Å². The molecule has 1 amide bonds. The Morgan fingerprint density at radius 2 is 2.20 bits per heavy atom. The monoisotopic (exact) mass is 339 g/mol. The van der Waals surface area contributed by atoms with Crippen LogP contribution in [0.2, 0.25) is 0 Å². The van der Waals surface area contributed by atoms with Crippen LogP contribution >= 0.6 is 0 Å². The minimum atomic E-state index is -0.132. The molecule has 1 fully saturated rings. The molecule has 4 rings (SSSR count). The fraction of sp³-hybridized carbons (Fsp3) is 0.471. The molecular formula is C17H21N7O. The molecule has 0 radical (unpaired) electrons. The van der Waals surface area contributed by atoms with Gasteiger partial charge in [0.05, 0.1) is 6.04 Å². The Kier molecular flexibility index (Phi) is 3.95. The molecule has 25 heavy (non-hydrogen) atoms. The predicted molar refractivity (Wildman–Crippen MR) is 91.3 cm³/mol. The lowest BCUT2D eigenvalue weighted by Gasteiger charge is -2.33. The first kappa shape index (κ1) is 15.7. The Hall–Kier alpha value is -2.77. The molecule has 0 N–H and O–H groups in total. The van der Waals surface area contributed by atoms with Gasteiger partial charge in [-0.3, -0.25) is 4.79 Å². The molecule has 1 aliphatic rings. The van der Waals surface area contributed by atoms with Gasteiger partial charge in [-0.2, -0.15) is 4.98 Å². The maximum absolute atomic E-state index is 12.9. The van der Waals surface area contributed by atoms with E-state index in [0.29, 0.717) is 12.3 Å². The van der Waals surface area contributed by atoms with E-state index in [4.69, 9.17) is 0 Å². The number of hydrogen-bond acceptors (Lipinski definition) is 5. The molecule has 1 saturated heterocycles. The van der Waals surface area contributed by atoms with Crippen LogP contribution in [0.1, 0.15) is 47.9 Å². The lowest BCUT2D eigenvalue weighted by Crippen LogP contribution is -2.41. The van der Waals surface area contributed by atoms with E-state index in [1.54, 1.807) is 10.7 Å². The first-order valence-corrected chi connectivity index (χ1v) is 8.66. The van der Waals surface area contributed by atoms with Gasteiger partial charge in [0, 0.05) is 43.8 Å². The molecule has 1 atom stereocenters. The summed E-state index contributed by atoms with van der Waals surface area (Å²) in [5.41, 5.74) is 0.902. The number of carbonyl (C=O) groups excluding carboxylic acids is 1. The van der Waals surface area contributed by atoms with Gasteiger partial charge >= 0.3 is 0 Å². The highest BCUT2D eigenvalue weighted by molar-refractivity contribution is 5.91. The van der Waals surface area contributed by atoms with Crippen molar-refractivity contribution in [3.05, 3.63) is 42.0 Å². The van der Waals surface area contributed by atoms with Gasteiger partial charge in [-0.1, -0.05) is 6.92 Å². The predicted octanol–water partition coefficient (Wildman–Crippen LogP) is 1.67. The average molecular weight is 339 g/mol. The van der Waals surface area contributed by atoms with Crippen molar-refractivity contribution < 1.29 is 4.79 Å². The first-order valence-electron chi connectivity index (χ1n) is 8.66. The zero-order valence-electron chi connectivity index (χ0n) is 14.5. The van der Waals surface area contributed by atoms with Crippen LogP contribution in [0.15, 0.2) is 24.7 Å². The van der Waals surface area contributed by atoms with Gasteiger partial charge in [-0.15, -0.1) is 5.10 Å². The lowest BCUT2D eigenvalue weighted by atomic mass is 10.1. The summed E-state index contributed by atoms with van der Waals surface area (Å²) in [4.78, 5) is 27.6. The minimum Gasteiger partial charge on any atom is -0.334 e. The number of imidazole rings is 1. The SMILES string of the molecule is CCc1nccn1C1CCCN(C(=O)c2nc3nccc(C)n3n2)C1. The van der Waals surface area contributed by atoms with Crippen LogP contribution in [0.4, 0.5) is 0 Å². The summed E-state index contributed by atoms with van der Waals surface area (Å²) in [6.07, 6.45) is 8.41. The third-order valence-electron chi connectivity index (χ3n) is 4.76. The number of carbonyl (C=O) groups is 1. The number of rotatable bonds is 3. The fourth-order valence-corrected chi connectivity index (χ4v) is 3.45. The van der Waals surface area contributed by atoms with Crippen LogP contribution in [0.3, 0.4) is 0 Å². The summed E-state index contributed by atoms with van der Waals surface area (Å²) < 4.78 is 3.81. The van der Waals surface area contributed by atoms with Crippen molar-refractivity contribution in [2.45, 2.75) is 39.2 Å². The Morgan fingerprint density at radius 1 is 1.32 bits per heavy atom. The lowest BCUT2D eigenvalue weighted by molar-refractivity contribution is 0.0666. The number of nitrogens with zero attached hydrogens (tertiary/aromatic N) is 7. The van der Waals surface area contributed by atoms with Gasteiger partial charge in [0.2, 0.25) is 5.82 Å². The summed E-state index contributed by atoms with van der Waals surface area (Å²) in [5, 5.41) is 4.34. The van der Waals surface area contributed by atoms with Crippen molar-refractivity contribution in [1.29, 1.82) is 0 Å². The molecule has 0 aliphatic carbocycles. The second-order valence-electron chi connectivity index (χ2n) is 6.38. The van der Waals surface area contributed by atoms with E-state index in [-0.39, 0.29) is 17.8 Å². The Morgan fingerprint density at radius 3 is 3.00 bits per heavy atom. The van der Waals surface area contributed by atoms with Gasteiger partial charge < -0.3 is 9.47 Å². The highest BCUT2D eigenvalue weighted by Crippen LogP contribution is 2.24. The Balaban J connectivity index is 1.58. The first-order chi connectivity index (χ1) is 12.2. The molecule has 1 unspecified atom stereocenters. The summed E-state index contributed by atoms with van der Waals surface area (Å²) >= 11 is 0. The highest BCUT2D eigenvalue weighted by Gasteiger charge is 2.28. The molecule has 4 heterocycles. The van der Waals surface area contributed by atoms with Crippen LogP contribution in [0.25, 0.3) is 5.78 Å². The topological polar surface area (TPSA) is 81.2 Å². The van der Waals surface area contributed by atoms with Crippen LogP contribution in [0.5, 0.6) is 0 Å². The number of aryl methyl sites for hydroxylation is 2. The zero-order valence-corrected chi connectivity index (χ0v) is 14.5. The molecule has 0 bridgehead atoms. The summed E-state index contributed by atoms with van der Waals surface area (Å²) in [7, 11) is 0. The number of fused-ring (bicyclic) bond motifs is 1. The number of likely N-dealkylation sites (tertiary alicyclic amines) is 1. The second-order valence-corrected chi connectivity index (χ2v) is 6.38. The summed E-state index contributed by atoms with van der Waals surface area (Å²) in [6, 6.07) is 2.10. The van der Waals surface area contributed by atoms with E-state index in [1.165, 1.54) is 0 Å². The van der Waals surface area contributed by atoms with E-state index in [9.17, 15) is 4.79 Å². The van der Waals surface area contributed by atoms with Crippen molar-refractivity contribution in [2.24, 2.45) is 0 Å². The van der Waals surface area contributed by atoms with Crippen LogP contribution in [0, 0.1) is 6.92 Å². The maximum Gasteiger partial charge on any atom is 0.293 e. The largest absolute Gasteiger partial charge is 0.334 e. The number of amides is 1. The van der Waals surface area contributed by atoms with Crippen LogP contribution < -0.4 is 0 Å². The minimum absolute atomic E-state index is 0.132. The quantitative estimate of drug-likeness (QED) is 0.725.